The van der Waals surface area contributed by atoms with Crippen LogP contribution in [0.4, 0.5) is 0 Å². The quantitative estimate of drug-likeness (QED) is 0.226. The van der Waals surface area contributed by atoms with Crippen molar-refractivity contribution in [1.29, 1.82) is 0 Å². The summed E-state index contributed by atoms with van der Waals surface area (Å²) in [6, 6.07) is 26.9. The molecule has 0 saturated carbocycles. The fourth-order valence-electron chi connectivity index (χ4n) is 3.38. The Kier molecular flexibility index (Phi) is 12.0. The number of halogens is 2. The van der Waals surface area contributed by atoms with Crippen LogP contribution in [-0.2, 0) is 20.0 Å². The second-order valence-corrected chi connectivity index (χ2v) is 7.51. The van der Waals surface area contributed by atoms with Crippen LogP contribution in [0.2, 0.25) is 0 Å². The van der Waals surface area contributed by atoms with Crippen molar-refractivity contribution in [3.05, 3.63) is 108 Å². The normalized spacial score (nSPS) is 9.36. The van der Waals surface area contributed by atoms with Crippen LogP contribution in [0, 0.1) is 13.8 Å². The first-order valence-electron chi connectivity index (χ1n) is 9.90. The predicted octanol–water partition coefficient (Wildman–Crippen LogP) is 7.53. The Balaban J connectivity index is 0.000000249. The van der Waals surface area contributed by atoms with Crippen LogP contribution in [0.25, 0.3) is 21.5 Å². The van der Waals surface area contributed by atoms with Gasteiger partial charge in [-0.15, -0.1) is 24.8 Å². The summed E-state index contributed by atoms with van der Waals surface area (Å²) in [5.74, 6) is 1.66. The van der Waals surface area contributed by atoms with Crippen molar-refractivity contribution in [2.24, 2.45) is 0 Å². The summed E-state index contributed by atoms with van der Waals surface area (Å²) in [6.45, 7) is 4.00. The topological polar surface area (TPSA) is 53.6 Å². The van der Waals surface area contributed by atoms with E-state index in [1.54, 1.807) is 18.4 Å². The fourth-order valence-corrected chi connectivity index (χ4v) is 3.64. The molecule has 0 spiro atoms. The molecule has 1 heterocycles. The van der Waals surface area contributed by atoms with Gasteiger partial charge in [-0.1, -0.05) is 60.7 Å². The van der Waals surface area contributed by atoms with Gasteiger partial charge in [0.05, 0.1) is 0 Å². The molecule has 0 aliphatic heterocycles. The number of aryl methyl sites for hydroxylation is 2. The van der Waals surface area contributed by atoms with E-state index in [2.05, 4.69) is 0 Å². The number of phenols is 2. The van der Waals surface area contributed by atoms with Crippen LogP contribution in [0.5, 0.6) is 11.5 Å². The van der Waals surface area contributed by atoms with E-state index in [9.17, 15) is 10.2 Å². The molecule has 0 aliphatic rings. The Morgan fingerprint density at radius 1 is 0.636 bits per heavy atom. The third kappa shape index (κ3) is 7.48. The molecule has 6 heteroatoms. The zero-order valence-electron chi connectivity index (χ0n) is 18.4. The van der Waals surface area contributed by atoms with E-state index >= 15 is 0 Å². The number of fused-ring (bicyclic) bond motifs is 2. The van der Waals surface area contributed by atoms with Crippen molar-refractivity contribution in [2.75, 3.05) is 0 Å². The Morgan fingerprint density at radius 2 is 1.06 bits per heavy atom. The van der Waals surface area contributed by atoms with Crippen LogP contribution in [-0.4, -0.2) is 14.5 Å². The van der Waals surface area contributed by atoms with Crippen molar-refractivity contribution >= 4 is 50.7 Å². The van der Waals surface area contributed by atoms with Gasteiger partial charge in [-0.25, -0.2) is 0 Å². The molecule has 0 atom stereocenters. The Bertz CT molecular complexity index is 1150. The molecule has 0 bridgehead atoms. The van der Waals surface area contributed by atoms with E-state index in [-0.39, 0.29) is 24.8 Å². The van der Waals surface area contributed by atoms with E-state index in [1.807, 2.05) is 111 Å². The summed E-state index contributed by atoms with van der Waals surface area (Å²) in [7, 11) is 0. The fraction of sp³-hybridized carbons (Fsp3) is 0.0741. The molecule has 0 radical (unpaired) electrons. The molecule has 4 aromatic carbocycles. The second-order valence-electron chi connectivity index (χ2n) is 7.06. The molecule has 1 aromatic heterocycles. The average molecular weight is 517 g/mol. The number of aromatic hydroxyl groups is 2. The number of furan rings is 1. The van der Waals surface area contributed by atoms with E-state index in [0.29, 0.717) is 11.5 Å². The summed E-state index contributed by atoms with van der Waals surface area (Å²) < 4.78 is 6.84. The van der Waals surface area contributed by atoms with Crippen molar-refractivity contribution < 1.29 is 34.6 Å². The number of hydrogen-bond acceptors (Lipinski definition) is 3. The van der Waals surface area contributed by atoms with Crippen LogP contribution in [0.15, 0.2) is 95.6 Å². The van der Waals surface area contributed by atoms with Gasteiger partial charge in [-0.2, -0.15) is 0 Å². The summed E-state index contributed by atoms with van der Waals surface area (Å²) in [6.07, 6.45) is 1.66. The van der Waals surface area contributed by atoms with Crippen molar-refractivity contribution in [1.82, 2.24) is 0 Å². The minimum atomic E-state index is 0. The van der Waals surface area contributed by atoms with Crippen molar-refractivity contribution in [3.63, 3.8) is 0 Å². The molecule has 0 saturated heterocycles. The van der Waals surface area contributed by atoms with Gasteiger partial charge in [0.2, 0.25) is 0 Å². The van der Waals surface area contributed by atoms with Gasteiger partial charge in [0.15, 0.2) is 0 Å². The number of phenolic OH excluding ortho intramolecular Hbond substituents is 2. The van der Waals surface area contributed by atoms with Crippen LogP contribution in [0.3, 0.4) is 0 Å². The zero-order chi connectivity index (χ0) is 22.2. The first-order chi connectivity index (χ1) is 15.0. The van der Waals surface area contributed by atoms with Crippen LogP contribution in [0.1, 0.15) is 16.9 Å². The molecule has 3 nitrogen and oxygen atoms in total. The second kappa shape index (κ2) is 13.9. The molecule has 0 fully saturated rings. The molecule has 0 aliphatic carbocycles. The first-order valence-corrected chi connectivity index (χ1v) is 10.8. The van der Waals surface area contributed by atoms with E-state index in [4.69, 9.17) is 4.42 Å². The first kappa shape index (κ1) is 28.5. The molecular weight excluding hydrogens is 491 g/mol. The maximum absolute atomic E-state index is 9.55. The third-order valence-electron chi connectivity index (χ3n) is 4.87. The van der Waals surface area contributed by atoms with Gasteiger partial charge < -0.3 is 10.2 Å². The number of benzene rings is 4. The average Bonchev–Trinajstić information content (AvgIpc) is 3.29. The standard InChI is InChI=1S/2C11H10O.C5H4O.2ClH.Ti/c2*1-8-4-2-5-9-6-3-7-10(12)11(8)9;1-5-3-2-4-6-5;;;/h2*2-7,12H,1H3;1-4H;2*1H;. The summed E-state index contributed by atoms with van der Waals surface area (Å²) in [5.41, 5.74) is 2.23. The summed E-state index contributed by atoms with van der Waals surface area (Å²) in [4.78, 5) is 0. The van der Waals surface area contributed by atoms with E-state index in [1.165, 1.54) is 0 Å². The molecule has 0 unspecified atom stereocenters. The monoisotopic (exact) mass is 516 g/mol. The van der Waals surface area contributed by atoms with Crippen molar-refractivity contribution in [3.8, 4) is 11.5 Å². The maximum atomic E-state index is 9.55. The molecular formula is C27H26Cl2O3Ti. The van der Waals surface area contributed by atoms with Gasteiger partial charge in [0.1, 0.15) is 11.5 Å². The molecule has 5 rings (SSSR count). The van der Waals surface area contributed by atoms with Gasteiger partial charge in [-0.05, 0) is 47.9 Å². The molecule has 0 amide bonds. The Labute approximate surface area is 217 Å². The summed E-state index contributed by atoms with van der Waals surface area (Å²) >= 11 is 1.94. The van der Waals surface area contributed by atoms with Crippen LogP contribution >= 0.6 is 24.8 Å². The zero-order valence-corrected chi connectivity index (χ0v) is 21.6. The van der Waals surface area contributed by atoms with Gasteiger partial charge in [-0.3, -0.25) is 0 Å². The van der Waals surface area contributed by atoms with E-state index < -0.39 is 0 Å². The van der Waals surface area contributed by atoms with E-state index in [0.717, 1.165) is 38.4 Å². The SMILES string of the molecule is Cc1cccc2cccc(O)c12.Cc1cccc2cccc(O)c12.Cl.Cl.[Ti]=[CH]c1ccco1. The number of rotatable bonds is 1. The minimum absolute atomic E-state index is 0. The molecule has 33 heavy (non-hydrogen) atoms. The van der Waals surface area contributed by atoms with Gasteiger partial charge in [0.25, 0.3) is 0 Å². The summed E-state index contributed by atoms with van der Waals surface area (Å²) in [5, 5.41) is 23.2. The Morgan fingerprint density at radius 3 is 1.36 bits per heavy atom. The van der Waals surface area contributed by atoms with Crippen LogP contribution < -0.4 is 0 Å². The molecule has 170 valence electrons. The number of hydrogen-bond donors (Lipinski definition) is 2. The Hall–Kier alpha value is -2.56. The molecule has 5 aromatic rings. The van der Waals surface area contributed by atoms with Gasteiger partial charge >= 0.3 is 52.9 Å². The van der Waals surface area contributed by atoms with Crippen molar-refractivity contribution in [2.45, 2.75) is 13.8 Å². The third-order valence-corrected chi connectivity index (χ3v) is 5.31. The van der Waals surface area contributed by atoms with Gasteiger partial charge in [0, 0.05) is 10.8 Å². The molecule has 2 N–H and O–H groups in total. The predicted molar refractivity (Wildman–Crippen MR) is 139 cm³/mol.